The van der Waals surface area contributed by atoms with Gasteiger partial charge in [0.05, 0.1) is 7.11 Å². The molecule has 0 aliphatic heterocycles. The second kappa shape index (κ2) is 27.0. The first-order valence-electron chi connectivity index (χ1n) is 29.5. The summed E-state index contributed by atoms with van der Waals surface area (Å²) in [7, 11) is 1.62. The van der Waals surface area contributed by atoms with Crippen LogP contribution in [0.25, 0.3) is 0 Å². The molecule has 0 radical (unpaired) electrons. The first kappa shape index (κ1) is 61.1. The molecule has 11 heteroatoms. The van der Waals surface area contributed by atoms with Gasteiger partial charge >= 0.3 is 18.2 Å². The highest BCUT2D eigenvalue weighted by atomic mass is 16.6. The van der Waals surface area contributed by atoms with Crippen LogP contribution in [0.2, 0.25) is 0 Å². The lowest BCUT2D eigenvalue weighted by Crippen LogP contribution is -2.51. The van der Waals surface area contributed by atoms with Gasteiger partial charge in [0.15, 0.2) is 0 Å². The van der Waals surface area contributed by atoms with E-state index in [2.05, 4.69) is 58.3 Å². The maximum absolute atomic E-state index is 13.9. The van der Waals surface area contributed by atoms with E-state index >= 15 is 0 Å². The number of hydrogen-bond donors (Lipinski definition) is 2. The fourth-order valence-electron chi connectivity index (χ4n) is 14.2. The summed E-state index contributed by atoms with van der Waals surface area (Å²) >= 11 is 0. The van der Waals surface area contributed by atoms with Crippen molar-refractivity contribution in [3.05, 3.63) is 41.5 Å². The van der Waals surface area contributed by atoms with Crippen LogP contribution in [0.4, 0.5) is 9.59 Å². The molecule has 9 atom stereocenters. The Balaban J connectivity index is 1.06. The lowest BCUT2D eigenvalue weighted by Gasteiger charge is -2.58. The van der Waals surface area contributed by atoms with Gasteiger partial charge in [0.1, 0.15) is 24.1 Å². The molecule has 74 heavy (non-hydrogen) atoms. The molecule has 420 valence electrons. The zero-order valence-corrected chi connectivity index (χ0v) is 49.2. The van der Waals surface area contributed by atoms with E-state index in [-0.39, 0.29) is 42.8 Å². The second-order valence-electron chi connectivity index (χ2n) is 26.8. The molecule has 0 spiro atoms. The second-order valence-corrected chi connectivity index (χ2v) is 26.8. The van der Waals surface area contributed by atoms with E-state index < -0.39 is 28.9 Å². The molecule has 3 fully saturated rings. The quantitative estimate of drug-likeness (QED) is 0.0385. The van der Waals surface area contributed by atoms with E-state index in [1.165, 1.54) is 56.9 Å². The number of fused-ring (bicyclic) bond motifs is 5. The molecule has 3 saturated carbocycles. The molecule has 5 rings (SSSR count). The number of amides is 3. The number of benzene rings is 1. The van der Waals surface area contributed by atoms with Gasteiger partial charge in [-0.1, -0.05) is 104 Å². The number of rotatable bonds is 27. The Morgan fingerprint density at radius 1 is 0.757 bits per heavy atom. The van der Waals surface area contributed by atoms with Crippen molar-refractivity contribution >= 4 is 24.1 Å². The minimum atomic E-state index is -0.615. The lowest BCUT2D eigenvalue weighted by molar-refractivity contribution is -0.151. The van der Waals surface area contributed by atoms with Crippen LogP contribution in [-0.2, 0) is 30.4 Å². The van der Waals surface area contributed by atoms with E-state index in [0.29, 0.717) is 31.3 Å². The molecular formula is C63H105N3O8. The SMILES string of the molecule is CC[C@H](CC[C@@H](C)[C@H]1CC[C@H]2[C@@H]3CC=C4C[C@@H](OC(=O)CCCC(=O)N(CCCCCCCC(C)(C)NC(=O)OCc5ccc(OC)cc5)CCC(C)(C)NC(=O)OC(C)(C)C)CC[C@]4(C)C3CC[C@]12C)C(C)C. The van der Waals surface area contributed by atoms with Crippen molar-refractivity contribution in [3.8, 4) is 5.75 Å². The minimum Gasteiger partial charge on any atom is -0.497 e. The number of unbranched alkanes of at least 4 members (excludes halogenated alkanes) is 4. The van der Waals surface area contributed by atoms with Gasteiger partial charge in [0.25, 0.3) is 0 Å². The summed E-state index contributed by atoms with van der Waals surface area (Å²) < 4.78 is 22.4. The molecule has 11 nitrogen and oxygen atoms in total. The molecule has 0 bridgehead atoms. The van der Waals surface area contributed by atoms with Crippen LogP contribution >= 0.6 is 0 Å². The molecular weight excluding hydrogens is 927 g/mol. The van der Waals surface area contributed by atoms with Gasteiger partial charge in [-0.25, -0.2) is 9.59 Å². The van der Waals surface area contributed by atoms with Gasteiger partial charge in [0, 0.05) is 43.4 Å². The smallest absolute Gasteiger partial charge is 0.408 e. The number of carbonyl (C=O) groups is 4. The average Bonchev–Trinajstić information content (AvgIpc) is 3.68. The summed E-state index contributed by atoms with van der Waals surface area (Å²) in [5.74, 6) is 6.16. The normalized spacial score (nSPS) is 25.6. The third-order valence-electron chi connectivity index (χ3n) is 18.7. The van der Waals surface area contributed by atoms with Crippen LogP contribution < -0.4 is 15.4 Å². The van der Waals surface area contributed by atoms with Gasteiger partial charge < -0.3 is 34.5 Å². The van der Waals surface area contributed by atoms with Crippen molar-refractivity contribution < 1.29 is 38.1 Å². The summed E-state index contributed by atoms with van der Waals surface area (Å²) in [6.45, 7) is 29.7. The van der Waals surface area contributed by atoms with Crippen molar-refractivity contribution in [2.45, 2.75) is 254 Å². The molecule has 1 aromatic carbocycles. The van der Waals surface area contributed by atoms with Gasteiger partial charge in [-0.2, -0.15) is 0 Å². The van der Waals surface area contributed by atoms with Crippen molar-refractivity contribution in [2.75, 3.05) is 20.2 Å². The molecule has 0 heterocycles. The van der Waals surface area contributed by atoms with E-state index in [9.17, 15) is 19.2 Å². The predicted molar refractivity (Wildman–Crippen MR) is 299 cm³/mol. The predicted octanol–water partition coefficient (Wildman–Crippen LogP) is 15.3. The summed E-state index contributed by atoms with van der Waals surface area (Å²) in [6.07, 6.45) is 22.2. The first-order chi connectivity index (χ1) is 34.8. The Kier molecular flexibility index (Phi) is 22.3. The summed E-state index contributed by atoms with van der Waals surface area (Å²) in [5, 5.41) is 6.01. The van der Waals surface area contributed by atoms with Crippen LogP contribution in [0.3, 0.4) is 0 Å². The molecule has 1 unspecified atom stereocenters. The van der Waals surface area contributed by atoms with Crippen LogP contribution in [0.1, 0.15) is 230 Å². The van der Waals surface area contributed by atoms with Crippen LogP contribution in [0, 0.1) is 52.3 Å². The van der Waals surface area contributed by atoms with Crippen LogP contribution in [0.15, 0.2) is 35.9 Å². The number of carbonyl (C=O) groups excluding carboxylic acids is 4. The van der Waals surface area contributed by atoms with Crippen molar-refractivity contribution in [1.82, 2.24) is 15.5 Å². The van der Waals surface area contributed by atoms with Crippen molar-refractivity contribution in [1.29, 1.82) is 0 Å². The highest BCUT2D eigenvalue weighted by Gasteiger charge is 2.59. The third-order valence-corrected chi connectivity index (χ3v) is 18.7. The zero-order valence-electron chi connectivity index (χ0n) is 49.2. The highest BCUT2D eigenvalue weighted by Crippen LogP contribution is 2.67. The monoisotopic (exact) mass is 1030 g/mol. The highest BCUT2D eigenvalue weighted by molar-refractivity contribution is 5.77. The maximum Gasteiger partial charge on any atom is 0.408 e. The minimum absolute atomic E-state index is 0.0239. The summed E-state index contributed by atoms with van der Waals surface area (Å²) in [5.41, 5.74) is 1.45. The van der Waals surface area contributed by atoms with Crippen LogP contribution in [0.5, 0.6) is 5.75 Å². The van der Waals surface area contributed by atoms with Gasteiger partial charge in [-0.05, 0) is 195 Å². The van der Waals surface area contributed by atoms with Gasteiger partial charge in [0.2, 0.25) is 5.91 Å². The number of alkyl carbamates (subject to hydrolysis) is 2. The maximum atomic E-state index is 13.9. The Bertz CT molecular complexity index is 1990. The molecule has 4 aliphatic carbocycles. The number of methoxy groups -OCH3 is 1. The van der Waals surface area contributed by atoms with E-state index in [4.69, 9.17) is 18.9 Å². The number of hydrogen-bond acceptors (Lipinski definition) is 8. The third kappa shape index (κ3) is 17.6. The Morgan fingerprint density at radius 2 is 1.43 bits per heavy atom. The molecule has 0 saturated heterocycles. The summed E-state index contributed by atoms with van der Waals surface area (Å²) in [4.78, 5) is 54.5. The number of esters is 1. The van der Waals surface area contributed by atoms with Crippen molar-refractivity contribution in [3.63, 3.8) is 0 Å². The van der Waals surface area contributed by atoms with Crippen molar-refractivity contribution in [2.24, 2.45) is 52.3 Å². The lowest BCUT2D eigenvalue weighted by atomic mass is 9.47. The zero-order chi connectivity index (χ0) is 54.5. The number of nitrogens with zero attached hydrogens (tertiary/aromatic N) is 1. The molecule has 4 aliphatic rings. The first-order valence-corrected chi connectivity index (χ1v) is 29.5. The van der Waals surface area contributed by atoms with Gasteiger partial charge in [-0.3, -0.25) is 9.59 Å². The Hall–Kier alpha value is -3.76. The Morgan fingerprint density at radius 3 is 2.11 bits per heavy atom. The number of allylic oxidation sites excluding steroid dienone is 1. The fraction of sp³-hybridized carbons (Fsp3) is 0.810. The van der Waals surface area contributed by atoms with E-state index in [1.54, 1.807) is 7.11 Å². The number of nitrogens with one attached hydrogen (secondary N) is 2. The standard InChI is InChI=1S/C63H105N3O8/c1-15-47(44(2)3)27-24-45(4)52-32-33-53-51-31-28-48-42-50(34-37-62(48,12)54(51)35-38-63(52,53)13)73-56(68)23-21-22-55(67)66(41-39-61(10,11)65-58(70)74-59(5,6)7)40-20-18-16-17-19-36-60(8,9)64-57(69)72-43-46-25-29-49(71-14)30-26-46/h25-26,28-30,44-45,47,50-54H,15-24,27,31-43H2,1-14H3,(H,64,69)(H,65,70)/t45-,47-,50+,51+,52-,53+,54?,62+,63-/m1/s1. The largest absolute Gasteiger partial charge is 0.497 e. The van der Waals surface area contributed by atoms with E-state index in [1.807, 2.05) is 77.6 Å². The van der Waals surface area contributed by atoms with Crippen LogP contribution in [-0.4, -0.2) is 71.9 Å². The molecule has 1 aromatic rings. The molecule has 0 aromatic heterocycles. The molecule has 3 amide bonds. The summed E-state index contributed by atoms with van der Waals surface area (Å²) in [6, 6.07) is 7.45. The average molecular weight is 1030 g/mol. The molecule has 2 N–H and O–H groups in total. The Labute approximate surface area is 449 Å². The van der Waals surface area contributed by atoms with E-state index in [0.717, 1.165) is 111 Å². The number of ether oxygens (including phenoxy) is 4. The topological polar surface area (TPSA) is 132 Å². The van der Waals surface area contributed by atoms with Gasteiger partial charge in [-0.15, -0.1) is 0 Å². The fourth-order valence-corrected chi connectivity index (χ4v) is 14.2.